The molecule has 5 heteroatoms. The maximum Gasteiger partial charge on any atom is 0.261 e. The fourth-order valence-corrected chi connectivity index (χ4v) is 2.94. The summed E-state index contributed by atoms with van der Waals surface area (Å²) in [6, 6.07) is 11.7. The molecule has 0 saturated carbocycles. The Kier molecular flexibility index (Phi) is 4.33. The zero-order valence-electron chi connectivity index (χ0n) is 12.0. The Hall–Kier alpha value is -2.27. The quantitative estimate of drug-likeness (QED) is 0.920. The van der Waals surface area contributed by atoms with Crippen molar-refractivity contribution in [3.8, 4) is 5.75 Å². The molecule has 0 aliphatic carbocycles. The van der Waals surface area contributed by atoms with E-state index >= 15 is 0 Å². The lowest BCUT2D eigenvalue weighted by molar-refractivity contribution is 0.415. The van der Waals surface area contributed by atoms with Gasteiger partial charge < -0.3 is 4.74 Å². The van der Waals surface area contributed by atoms with Crippen LogP contribution in [0.4, 0.5) is 5.69 Å². The van der Waals surface area contributed by atoms with Crippen LogP contribution in [-0.4, -0.2) is 15.5 Å². The molecule has 21 heavy (non-hydrogen) atoms. The van der Waals surface area contributed by atoms with Gasteiger partial charge in [0, 0.05) is 5.56 Å². The molecule has 0 amide bonds. The Morgan fingerprint density at radius 1 is 1.14 bits per heavy atom. The highest BCUT2D eigenvalue weighted by Gasteiger charge is 2.15. The molecule has 0 heterocycles. The summed E-state index contributed by atoms with van der Waals surface area (Å²) in [5.74, 6) is 0.642. The Labute approximate surface area is 125 Å². The summed E-state index contributed by atoms with van der Waals surface area (Å²) in [4.78, 5) is 0.221. The lowest BCUT2D eigenvalue weighted by Gasteiger charge is -2.12. The van der Waals surface area contributed by atoms with E-state index in [1.54, 1.807) is 55.7 Å². The lowest BCUT2D eigenvalue weighted by atomic mass is 10.2. The lowest BCUT2D eigenvalue weighted by Crippen LogP contribution is -2.13. The normalized spacial score (nSPS) is 11.0. The van der Waals surface area contributed by atoms with Crippen LogP contribution < -0.4 is 9.46 Å². The summed E-state index contributed by atoms with van der Waals surface area (Å²) >= 11 is 0. The maximum atomic E-state index is 12.4. The van der Waals surface area contributed by atoms with Gasteiger partial charge in [-0.05, 0) is 37.3 Å². The number of methoxy groups -OCH3 is 1. The minimum Gasteiger partial charge on any atom is -0.497 e. The molecule has 0 radical (unpaired) electrons. The summed E-state index contributed by atoms with van der Waals surface area (Å²) in [6.07, 6.45) is 1.58. The zero-order valence-corrected chi connectivity index (χ0v) is 12.8. The predicted octanol–water partition coefficient (Wildman–Crippen LogP) is 3.45. The summed E-state index contributed by atoms with van der Waals surface area (Å²) in [7, 11) is -2.07. The van der Waals surface area contributed by atoms with E-state index in [0.29, 0.717) is 17.0 Å². The molecule has 0 aromatic heterocycles. The van der Waals surface area contributed by atoms with Gasteiger partial charge in [-0.15, -0.1) is 0 Å². The standard InChI is InChI=1S/C16H17NO3S/c1-4-13-11-14(20-3)7-10-16(13)17-21(18,19)15-8-5-12(2)6-9-15/h4-11,17H,1H2,2-3H3. The topological polar surface area (TPSA) is 55.4 Å². The van der Waals surface area contributed by atoms with Crippen molar-refractivity contribution in [1.29, 1.82) is 0 Å². The highest BCUT2D eigenvalue weighted by atomic mass is 32.2. The summed E-state index contributed by atoms with van der Waals surface area (Å²) in [5, 5.41) is 0. The van der Waals surface area contributed by atoms with Crippen molar-refractivity contribution in [2.75, 3.05) is 11.8 Å². The van der Waals surface area contributed by atoms with Crippen molar-refractivity contribution in [1.82, 2.24) is 0 Å². The Bertz CT molecular complexity index is 750. The van der Waals surface area contributed by atoms with Crippen molar-refractivity contribution in [3.05, 3.63) is 60.2 Å². The van der Waals surface area contributed by atoms with Gasteiger partial charge in [-0.3, -0.25) is 4.72 Å². The number of rotatable bonds is 5. The fourth-order valence-electron chi connectivity index (χ4n) is 1.85. The van der Waals surface area contributed by atoms with Crippen LogP contribution in [0.1, 0.15) is 11.1 Å². The third-order valence-corrected chi connectivity index (χ3v) is 4.44. The maximum absolute atomic E-state index is 12.4. The molecule has 4 nitrogen and oxygen atoms in total. The van der Waals surface area contributed by atoms with Crippen LogP contribution in [0.15, 0.2) is 53.9 Å². The monoisotopic (exact) mass is 303 g/mol. The molecular weight excluding hydrogens is 286 g/mol. The van der Waals surface area contributed by atoms with E-state index in [9.17, 15) is 8.42 Å². The summed E-state index contributed by atoms with van der Waals surface area (Å²) in [5.41, 5.74) is 2.13. The molecule has 0 atom stereocenters. The Morgan fingerprint density at radius 2 is 1.81 bits per heavy atom. The largest absolute Gasteiger partial charge is 0.497 e. The molecule has 0 saturated heterocycles. The van der Waals surface area contributed by atoms with Gasteiger partial charge in [0.25, 0.3) is 10.0 Å². The highest BCUT2D eigenvalue weighted by Crippen LogP contribution is 2.25. The van der Waals surface area contributed by atoms with Crippen molar-refractivity contribution < 1.29 is 13.2 Å². The number of hydrogen-bond acceptors (Lipinski definition) is 3. The molecule has 2 aromatic rings. The van der Waals surface area contributed by atoms with Crippen LogP contribution in [0.3, 0.4) is 0 Å². The zero-order chi connectivity index (χ0) is 15.5. The van der Waals surface area contributed by atoms with Gasteiger partial charge in [0.2, 0.25) is 0 Å². The first-order chi connectivity index (χ1) is 9.96. The van der Waals surface area contributed by atoms with Crippen LogP contribution in [0, 0.1) is 6.92 Å². The van der Waals surface area contributed by atoms with Gasteiger partial charge in [0.15, 0.2) is 0 Å². The predicted molar refractivity (Wildman–Crippen MR) is 85.1 cm³/mol. The van der Waals surface area contributed by atoms with Crippen LogP contribution in [0.2, 0.25) is 0 Å². The van der Waals surface area contributed by atoms with Crippen molar-refractivity contribution in [2.45, 2.75) is 11.8 Å². The second kappa shape index (κ2) is 6.01. The van der Waals surface area contributed by atoms with E-state index in [0.717, 1.165) is 5.56 Å². The molecule has 0 spiro atoms. The molecular formula is C16H17NO3S. The number of hydrogen-bond donors (Lipinski definition) is 1. The average molecular weight is 303 g/mol. The number of aryl methyl sites for hydroxylation is 1. The molecule has 110 valence electrons. The Morgan fingerprint density at radius 3 is 2.38 bits per heavy atom. The number of nitrogens with one attached hydrogen (secondary N) is 1. The van der Waals surface area contributed by atoms with Crippen LogP contribution in [0.25, 0.3) is 6.08 Å². The van der Waals surface area contributed by atoms with E-state index in [-0.39, 0.29) is 4.90 Å². The minimum atomic E-state index is -3.62. The Balaban J connectivity index is 2.36. The highest BCUT2D eigenvalue weighted by molar-refractivity contribution is 7.92. The summed E-state index contributed by atoms with van der Waals surface area (Å²) in [6.45, 7) is 5.60. The van der Waals surface area contributed by atoms with Gasteiger partial charge in [0.05, 0.1) is 17.7 Å². The molecule has 0 aliphatic heterocycles. The molecule has 1 N–H and O–H groups in total. The number of ether oxygens (including phenoxy) is 1. The molecule has 0 bridgehead atoms. The van der Waals surface area contributed by atoms with Crippen LogP contribution in [0.5, 0.6) is 5.75 Å². The molecule has 2 aromatic carbocycles. The van der Waals surface area contributed by atoms with Crippen molar-refractivity contribution >= 4 is 21.8 Å². The molecule has 0 aliphatic rings. The number of anilines is 1. The van der Waals surface area contributed by atoms with Gasteiger partial charge in [0.1, 0.15) is 5.75 Å². The fraction of sp³-hybridized carbons (Fsp3) is 0.125. The van der Waals surface area contributed by atoms with Crippen molar-refractivity contribution in [2.24, 2.45) is 0 Å². The van der Waals surface area contributed by atoms with E-state index in [2.05, 4.69) is 11.3 Å². The van der Waals surface area contributed by atoms with E-state index < -0.39 is 10.0 Å². The molecule has 0 unspecified atom stereocenters. The van der Waals surface area contributed by atoms with Gasteiger partial charge in [-0.25, -0.2) is 8.42 Å². The molecule has 0 fully saturated rings. The SMILES string of the molecule is C=Cc1cc(OC)ccc1NS(=O)(=O)c1ccc(C)cc1. The van der Waals surface area contributed by atoms with E-state index in [1.165, 1.54) is 0 Å². The van der Waals surface area contributed by atoms with Crippen LogP contribution >= 0.6 is 0 Å². The van der Waals surface area contributed by atoms with Gasteiger partial charge in [-0.1, -0.05) is 30.4 Å². The third-order valence-electron chi connectivity index (χ3n) is 3.05. The number of benzene rings is 2. The third kappa shape index (κ3) is 3.44. The average Bonchev–Trinajstić information content (AvgIpc) is 2.47. The van der Waals surface area contributed by atoms with Crippen LogP contribution in [-0.2, 0) is 10.0 Å². The van der Waals surface area contributed by atoms with Gasteiger partial charge in [-0.2, -0.15) is 0 Å². The second-order valence-corrected chi connectivity index (χ2v) is 6.26. The van der Waals surface area contributed by atoms with Gasteiger partial charge >= 0.3 is 0 Å². The first kappa shape index (κ1) is 15.1. The molecule has 2 rings (SSSR count). The van der Waals surface area contributed by atoms with E-state index in [1.807, 2.05) is 6.92 Å². The second-order valence-electron chi connectivity index (χ2n) is 4.58. The first-order valence-electron chi connectivity index (χ1n) is 6.36. The van der Waals surface area contributed by atoms with Crippen molar-refractivity contribution in [3.63, 3.8) is 0 Å². The number of sulfonamides is 1. The minimum absolute atomic E-state index is 0.221. The summed E-state index contributed by atoms with van der Waals surface area (Å²) < 4.78 is 32.4. The smallest absolute Gasteiger partial charge is 0.261 e. The van der Waals surface area contributed by atoms with E-state index in [4.69, 9.17) is 4.74 Å². The first-order valence-corrected chi connectivity index (χ1v) is 7.84.